The molecule has 0 aromatic heterocycles. The molecular weight excluding hydrogens is 282 g/mol. The van der Waals surface area contributed by atoms with Crippen molar-refractivity contribution in [3.63, 3.8) is 0 Å². The van der Waals surface area contributed by atoms with Crippen LogP contribution >= 0.6 is 0 Å². The van der Waals surface area contributed by atoms with Gasteiger partial charge in [0.1, 0.15) is 11.2 Å². The van der Waals surface area contributed by atoms with E-state index in [0.717, 1.165) is 0 Å². The third-order valence-electron chi connectivity index (χ3n) is 5.72. The summed E-state index contributed by atoms with van der Waals surface area (Å²) in [4.78, 5) is 1.25. The number of β-amino-alcohol motifs (C(OH)–C–C–N with tert-alkyl or cyclic N) is 1. The number of nitrogens with zero attached hydrogens (tertiary/aromatic N) is 1. The van der Waals surface area contributed by atoms with Crippen molar-refractivity contribution >= 4 is 0 Å². The van der Waals surface area contributed by atoms with Crippen LogP contribution in [0.4, 0.5) is 0 Å². The lowest BCUT2D eigenvalue weighted by atomic mass is 9.58. The molecule has 1 saturated heterocycles. The Morgan fingerprint density at radius 3 is 2.14 bits per heavy atom. The fourth-order valence-corrected chi connectivity index (χ4v) is 3.57. The standard InChI is InChI=1S/C17H35NO4/c1-9-10-13(2,3)18-11-12(19)15(6,21)17(8,22)16(18,7)14(4,5)20/h12,19-22H,9-11H2,1-8H3/t12-,15+,16+,17-/m0/s1/i1D2,9D2,10D2. The minimum atomic E-state index is -2.91. The van der Waals surface area contributed by atoms with E-state index in [9.17, 15) is 20.4 Å². The molecule has 5 heteroatoms. The number of hydrogen-bond donors (Lipinski definition) is 4. The fraction of sp³-hybridized carbons (Fsp3) is 1.00. The first-order valence-electron chi connectivity index (χ1n) is 10.6. The maximum absolute atomic E-state index is 11.3. The summed E-state index contributed by atoms with van der Waals surface area (Å²) in [6.45, 7) is 6.77. The molecule has 0 aromatic carbocycles. The molecule has 1 aliphatic rings. The largest absolute Gasteiger partial charge is 0.389 e. The SMILES string of the molecule is [2H]C([2H])C([2H])([2H])C([2H])([2H])C(C)(C)N1C[C@H](O)[C@@](C)(O)[C@](C)(O)[C@@]1(C)C(C)(C)O. The molecule has 0 amide bonds. The monoisotopic (exact) mass is 323 g/mol. The molecule has 5 nitrogen and oxygen atoms in total. The van der Waals surface area contributed by atoms with Crippen LogP contribution in [0.2, 0.25) is 0 Å². The molecule has 22 heavy (non-hydrogen) atoms. The van der Waals surface area contributed by atoms with E-state index < -0.39 is 53.6 Å². The van der Waals surface area contributed by atoms with E-state index in [1.807, 2.05) is 0 Å². The normalized spacial score (nSPS) is 47.2. The van der Waals surface area contributed by atoms with Crippen molar-refractivity contribution in [3.8, 4) is 0 Å². The molecule has 4 N–H and O–H groups in total. The van der Waals surface area contributed by atoms with Gasteiger partial charge in [0.2, 0.25) is 0 Å². The quantitative estimate of drug-likeness (QED) is 0.626. The lowest BCUT2D eigenvalue weighted by Crippen LogP contribution is -2.86. The molecular formula is C17H35NO4. The topological polar surface area (TPSA) is 84.2 Å². The van der Waals surface area contributed by atoms with Crippen LogP contribution in [-0.4, -0.2) is 65.9 Å². The Hall–Kier alpha value is -0.200. The summed E-state index contributed by atoms with van der Waals surface area (Å²) in [5.74, 6) is 0. The highest BCUT2D eigenvalue weighted by Gasteiger charge is 2.70. The van der Waals surface area contributed by atoms with Crippen molar-refractivity contribution in [1.29, 1.82) is 0 Å². The van der Waals surface area contributed by atoms with Crippen molar-refractivity contribution < 1.29 is 28.7 Å². The van der Waals surface area contributed by atoms with E-state index >= 15 is 0 Å². The summed E-state index contributed by atoms with van der Waals surface area (Å²) >= 11 is 0. The van der Waals surface area contributed by atoms with Gasteiger partial charge in [0.15, 0.2) is 0 Å². The molecule has 0 aromatic rings. The van der Waals surface area contributed by atoms with Crippen molar-refractivity contribution in [3.05, 3.63) is 0 Å². The molecule has 1 aliphatic heterocycles. The number of aliphatic hydroxyl groups is 4. The zero-order chi connectivity index (χ0) is 22.9. The number of likely N-dealkylation sites (tertiary alicyclic amines) is 1. The van der Waals surface area contributed by atoms with E-state index in [-0.39, 0.29) is 6.54 Å². The van der Waals surface area contributed by atoms with E-state index in [1.165, 1.54) is 53.4 Å². The smallest absolute Gasteiger partial charge is 0.119 e. The Morgan fingerprint density at radius 1 is 1.23 bits per heavy atom. The highest BCUT2D eigenvalue weighted by Crippen LogP contribution is 2.51. The Labute approximate surface area is 143 Å². The van der Waals surface area contributed by atoms with Crippen molar-refractivity contribution in [2.24, 2.45) is 0 Å². The molecule has 0 spiro atoms. The molecule has 1 heterocycles. The van der Waals surface area contributed by atoms with Gasteiger partial charge in [0.25, 0.3) is 0 Å². The van der Waals surface area contributed by atoms with Gasteiger partial charge in [-0.25, -0.2) is 0 Å². The first-order chi connectivity index (χ1) is 12.0. The Kier molecular flexibility index (Phi) is 3.00. The van der Waals surface area contributed by atoms with E-state index in [0.29, 0.717) is 0 Å². The highest BCUT2D eigenvalue weighted by atomic mass is 16.4. The zero-order valence-electron chi connectivity index (χ0n) is 20.6. The number of piperidine rings is 1. The first-order valence-corrected chi connectivity index (χ1v) is 7.43. The average molecular weight is 324 g/mol. The van der Waals surface area contributed by atoms with Gasteiger partial charge in [-0.2, -0.15) is 0 Å². The van der Waals surface area contributed by atoms with Gasteiger partial charge in [0.05, 0.1) is 17.2 Å². The summed E-state index contributed by atoms with van der Waals surface area (Å²) in [7, 11) is 0. The van der Waals surface area contributed by atoms with Crippen molar-refractivity contribution in [1.82, 2.24) is 4.90 Å². The lowest BCUT2D eigenvalue weighted by molar-refractivity contribution is -0.318. The van der Waals surface area contributed by atoms with E-state index in [2.05, 4.69) is 0 Å². The van der Waals surface area contributed by atoms with Crippen molar-refractivity contribution in [2.45, 2.75) is 102 Å². The molecule has 4 atom stereocenters. The van der Waals surface area contributed by atoms with Gasteiger partial charge in [-0.3, -0.25) is 4.90 Å². The minimum absolute atomic E-state index is 0.382. The van der Waals surface area contributed by atoms with Crippen LogP contribution in [0.1, 0.15) is 76.3 Å². The van der Waals surface area contributed by atoms with Crippen LogP contribution in [-0.2, 0) is 0 Å². The highest BCUT2D eigenvalue weighted by molar-refractivity contribution is 5.24. The second kappa shape index (κ2) is 5.42. The Morgan fingerprint density at radius 2 is 1.73 bits per heavy atom. The molecule has 0 saturated carbocycles. The maximum Gasteiger partial charge on any atom is 0.119 e. The molecule has 0 aliphatic carbocycles. The van der Waals surface area contributed by atoms with Crippen LogP contribution in [0.25, 0.3) is 0 Å². The van der Waals surface area contributed by atoms with Crippen LogP contribution in [0, 0.1) is 0 Å². The molecule has 0 unspecified atom stereocenters. The van der Waals surface area contributed by atoms with Crippen LogP contribution in [0.3, 0.4) is 0 Å². The van der Waals surface area contributed by atoms with Gasteiger partial charge < -0.3 is 20.4 Å². The third-order valence-corrected chi connectivity index (χ3v) is 5.72. The van der Waals surface area contributed by atoms with Gasteiger partial charge in [-0.1, -0.05) is 13.2 Å². The number of aliphatic hydroxyl groups excluding tert-OH is 1. The van der Waals surface area contributed by atoms with E-state index in [1.54, 1.807) is 0 Å². The second-order valence-corrected chi connectivity index (χ2v) is 7.81. The van der Waals surface area contributed by atoms with Crippen LogP contribution in [0.15, 0.2) is 0 Å². The summed E-state index contributed by atoms with van der Waals surface area (Å²) in [5.41, 5.74) is -9.52. The molecule has 132 valence electrons. The number of hydrogen-bond acceptors (Lipinski definition) is 5. The fourth-order valence-electron chi connectivity index (χ4n) is 3.57. The zero-order valence-corrected chi connectivity index (χ0v) is 14.6. The predicted octanol–water partition coefficient (Wildman–Crippen LogP) is 1.27. The molecule has 0 bridgehead atoms. The van der Waals surface area contributed by atoms with Crippen LogP contribution < -0.4 is 0 Å². The van der Waals surface area contributed by atoms with Gasteiger partial charge >= 0.3 is 0 Å². The van der Waals surface area contributed by atoms with Crippen molar-refractivity contribution in [2.75, 3.05) is 6.54 Å². The second-order valence-electron chi connectivity index (χ2n) is 7.81. The van der Waals surface area contributed by atoms with E-state index in [4.69, 9.17) is 8.22 Å². The summed E-state index contributed by atoms with van der Waals surface area (Å²) in [6, 6.07) is 0. The molecule has 1 fully saturated rings. The Balaban J connectivity index is 3.81. The Bertz CT molecular complexity index is 603. The summed E-state index contributed by atoms with van der Waals surface area (Å²) < 4.78 is 48.0. The molecule has 1 rings (SSSR count). The number of rotatable bonds is 4. The minimum Gasteiger partial charge on any atom is -0.389 e. The van der Waals surface area contributed by atoms with Gasteiger partial charge in [-0.15, -0.1) is 0 Å². The first kappa shape index (κ1) is 12.2. The van der Waals surface area contributed by atoms with Gasteiger partial charge in [-0.05, 0) is 54.8 Å². The van der Waals surface area contributed by atoms with Gasteiger partial charge in [0, 0.05) is 20.3 Å². The molecule has 0 radical (unpaired) electrons. The summed E-state index contributed by atoms with van der Waals surface area (Å²) in [5, 5.41) is 43.7. The third kappa shape index (κ3) is 2.51. The average Bonchev–Trinajstić information content (AvgIpc) is 2.47. The lowest BCUT2D eigenvalue weighted by Gasteiger charge is -2.68. The maximum atomic E-state index is 11.3. The predicted molar refractivity (Wildman–Crippen MR) is 87.7 cm³/mol. The van der Waals surface area contributed by atoms with Crippen LogP contribution in [0.5, 0.6) is 0 Å². The summed E-state index contributed by atoms with van der Waals surface area (Å²) in [6.07, 6.45) is -7.25.